The average Bonchev–Trinajstić information content (AvgIpc) is 2.15. The van der Waals surface area contributed by atoms with E-state index in [1.165, 1.54) is 11.1 Å². The maximum Gasteiger partial charge on any atom is 0.118 e. The predicted molar refractivity (Wildman–Crippen MR) is 59.7 cm³/mol. The number of benzene rings is 1. The monoisotopic (exact) mass is 193 g/mol. The van der Waals surface area contributed by atoms with Gasteiger partial charge in [0.25, 0.3) is 0 Å². The van der Waals surface area contributed by atoms with E-state index in [0.717, 1.165) is 12.0 Å². The Morgan fingerprint density at radius 3 is 2.50 bits per heavy atom. The highest BCUT2D eigenvalue weighted by Crippen LogP contribution is 2.29. The fourth-order valence-electron chi connectivity index (χ4n) is 1.77. The summed E-state index contributed by atoms with van der Waals surface area (Å²) in [6, 6.07) is 3.77. The Bertz CT molecular complexity index is 320. The van der Waals surface area contributed by atoms with Crippen molar-refractivity contribution in [2.24, 2.45) is 5.73 Å². The van der Waals surface area contributed by atoms with E-state index in [2.05, 4.69) is 13.8 Å². The molecule has 0 saturated carbocycles. The Hall–Kier alpha value is -1.02. The largest absolute Gasteiger partial charge is 0.508 e. The molecule has 1 aromatic carbocycles. The van der Waals surface area contributed by atoms with Crippen LogP contribution in [-0.4, -0.2) is 11.7 Å². The van der Waals surface area contributed by atoms with Crippen molar-refractivity contribution in [3.63, 3.8) is 0 Å². The summed E-state index contributed by atoms with van der Waals surface area (Å²) in [6.45, 7) is 6.88. The smallest absolute Gasteiger partial charge is 0.118 e. The first kappa shape index (κ1) is 11.1. The molecule has 0 radical (unpaired) electrons. The van der Waals surface area contributed by atoms with Crippen LogP contribution in [0.25, 0.3) is 0 Å². The van der Waals surface area contributed by atoms with E-state index in [1.54, 1.807) is 6.07 Å². The first-order valence-corrected chi connectivity index (χ1v) is 5.07. The summed E-state index contributed by atoms with van der Waals surface area (Å²) in [5.41, 5.74) is 9.00. The Morgan fingerprint density at radius 2 is 1.93 bits per heavy atom. The Morgan fingerprint density at radius 1 is 1.29 bits per heavy atom. The third kappa shape index (κ3) is 2.07. The quantitative estimate of drug-likeness (QED) is 0.774. The number of phenols is 1. The topological polar surface area (TPSA) is 46.2 Å². The lowest BCUT2D eigenvalue weighted by molar-refractivity contribution is 0.470. The fourth-order valence-corrected chi connectivity index (χ4v) is 1.77. The summed E-state index contributed by atoms with van der Waals surface area (Å²) in [6.07, 6.45) is 0.991. The zero-order valence-electron chi connectivity index (χ0n) is 9.17. The molecule has 2 heteroatoms. The molecule has 0 amide bonds. The molecule has 0 aliphatic rings. The number of phenolic OH excluding ortho intramolecular Hbond substituents is 1. The van der Waals surface area contributed by atoms with E-state index in [-0.39, 0.29) is 0 Å². The SMILES string of the molecule is Cc1c(O)ccc(C(C)CCN)c1C. The second kappa shape index (κ2) is 4.47. The van der Waals surface area contributed by atoms with Crippen LogP contribution >= 0.6 is 0 Å². The number of aromatic hydroxyl groups is 1. The average molecular weight is 193 g/mol. The molecule has 14 heavy (non-hydrogen) atoms. The lowest BCUT2D eigenvalue weighted by Gasteiger charge is -2.16. The molecule has 0 saturated heterocycles. The van der Waals surface area contributed by atoms with E-state index in [0.29, 0.717) is 18.2 Å². The molecule has 0 fully saturated rings. The van der Waals surface area contributed by atoms with Crippen molar-refractivity contribution in [2.45, 2.75) is 33.1 Å². The van der Waals surface area contributed by atoms with Crippen LogP contribution in [0.4, 0.5) is 0 Å². The molecule has 0 aliphatic heterocycles. The Labute approximate surface area is 85.8 Å². The minimum Gasteiger partial charge on any atom is -0.508 e. The van der Waals surface area contributed by atoms with Crippen molar-refractivity contribution in [2.75, 3.05) is 6.54 Å². The molecule has 0 aromatic heterocycles. The minimum atomic E-state index is 0.381. The summed E-state index contributed by atoms with van der Waals surface area (Å²) in [5.74, 6) is 0.852. The zero-order valence-corrected chi connectivity index (χ0v) is 9.17. The van der Waals surface area contributed by atoms with Crippen molar-refractivity contribution in [3.05, 3.63) is 28.8 Å². The van der Waals surface area contributed by atoms with Crippen molar-refractivity contribution < 1.29 is 5.11 Å². The number of nitrogens with two attached hydrogens (primary N) is 1. The molecule has 1 rings (SSSR count). The van der Waals surface area contributed by atoms with Crippen molar-refractivity contribution in [3.8, 4) is 5.75 Å². The van der Waals surface area contributed by atoms with E-state index >= 15 is 0 Å². The third-order valence-corrected chi connectivity index (χ3v) is 2.93. The highest BCUT2D eigenvalue weighted by atomic mass is 16.3. The standard InChI is InChI=1S/C12H19NO/c1-8(6-7-13)11-4-5-12(14)10(3)9(11)2/h4-5,8,14H,6-7,13H2,1-3H3. The van der Waals surface area contributed by atoms with Crippen LogP contribution in [0.3, 0.4) is 0 Å². The molecule has 1 atom stereocenters. The van der Waals surface area contributed by atoms with Gasteiger partial charge in [-0.3, -0.25) is 0 Å². The molecule has 0 bridgehead atoms. The molecule has 0 aliphatic carbocycles. The molecule has 1 unspecified atom stereocenters. The van der Waals surface area contributed by atoms with E-state index in [1.807, 2.05) is 13.0 Å². The van der Waals surface area contributed by atoms with Gasteiger partial charge in [-0.1, -0.05) is 13.0 Å². The van der Waals surface area contributed by atoms with Crippen LogP contribution in [0.15, 0.2) is 12.1 Å². The Kier molecular flexibility index (Phi) is 3.53. The first-order valence-electron chi connectivity index (χ1n) is 5.07. The van der Waals surface area contributed by atoms with Crippen LogP contribution in [0.2, 0.25) is 0 Å². The summed E-state index contributed by atoms with van der Waals surface area (Å²) in [7, 11) is 0. The summed E-state index contributed by atoms with van der Waals surface area (Å²) in [5, 5.41) is 9.51. The highest BCUT2D eigenvalue weighted by molar-refractivity contribution is 5.43. The molecule has 78 valence electrons. The van der Waals surface area contributed by atoms with Gasteiger partial charge in [0.15, 0.2) is 0 Å². The van der Waals surface area contributed by atoms with Crippen LogP contribution in [0.1, 0.15) is 36.0 Å². The predicted octanol–water partition coefficient (Wildman–Crippen LogP) is 2.46. The number of hydrogen-bond acceptors (Lipinski definition) is 2. The Balaban J connectivity index is 3.04. The van der Waals surface area contributed by atoms with Gasteiger partial charge in [0, 0.05) is 0 Å². The molecule has 2 nitrogen and oxygen atoms in total. The van der Waals surface area contributed by atoms with Crippen LogP contribution in [0.5, 0.6) is 5.75 Å². The number of hydrogen-bond donors (Lipinski definition) is 2. The van der Waals surface area contributed by atoms with Gasteiger partial charge in [-0.2, -0.15) is 0 Å². The summed E-state index contributed by atoms with van der Waals surface area (Å²) >= 11 is 0. The highest BCUT2D eigenvalue weighted by Gasteiger charge is 2.10. The normalized spacial score (nSPS) is 12.9. The van der Waals surface area contributed by atoms with Gasteiger partial charge < -0.3 is 10.8 Å². The molecule has 0 spiro atoms. The van der Waals surface area contributed by atoms with Crippen LogP contribution in [-0.2, 0) is 0 Å². The second-order valence-corrected chi connectivity index (χ2v) is 3.90. The van der Waals surface area contributed by atoms with Gasteiger partial charge >= 0.3 is 0 Å². The van der Waals surface area contributed by atoms with E-state index < -0.39 is 0 Å². The van der Waals surface area contributed by atoms with E-state index in [9.17, 15) is 5.11 Å². The van der Waals surface area contributed by atoms with Gasteiger partial charge in [-0.05, 0) is 55.5 Å². The number of rotatable bonds is 3. The van der Waals surface area contributed by atoms with E-state index in [4.69, 9.17) is 5.73 Å². The first-order chi connectivity index (χ1) is 6.57. The van der Waals surface area contributed by atoms with Gasteiger partial charge in [-0.25, -0.2) is 0 Å². The van der Waals surface area contributed by atoms with Gasteiger partial charge in [0.2, 0.25) is 0 Å². The zero-order chi connectivity index (χ0) is 10.7. The maximum absolute atomic E-state index is 9.51. The maximum atomic E-state index is 9.51. The van der Waals surface area contributed by atoms with Crippen LogP contribution < -0.4 is 5.73 Å². The van der Waals surface area contributed by atoms with Gasteiger partial charge in [-0.15, -0.1) is 0 Å². The van der Waals surface area contributed by atoms with Gasteiger partial charge in [0.05, 0.1) is 0 Å². The minimum absolute atomic E-state index is 0.381. The molecular weight excluding hydrogens is 174 g/mol. The molecule has 0 heterocycles. The lowest BCUT2D eigenvalue weighted by Crippen LogP contribution is -2.06. The fraction of sp³-hybridized carbons (Fsp3) is 0.500. The summed E-state index contributed by atoms with van der Waals surface area (Å²) < 4.78 is 0. The van der Waals surface area contributed by atoms with Crippen molar-refractivity contribution in [1.82, 2.24) is 0 Å². The van der Waals surface area contributed by atoms with Gasteiger partial charge in [0.1, 0.15) is 5.75 Å². The lowest BCUT2D eigenvalue weighted by atomic mass is 9.91. The van der Waals surface area contributed by atoms with Crippen molar-refractivity contribution in [1.29, 1.82) is 0 Å². The molecule has 3 N–H and O–H groups in total. The second-order valence-electron chi connectivity index (χ2n) is 3.90. The van der Waals surface area contributed by atoms with Crippen molar-refractivity contribution >= 4 is 0 Å². The van der Waals surface area contributed by atoms with Crippen LogP contribution in [0, 0.1) is 13.8 Å². The molecule has 1 aromatic rings. The summed E-state index contributed by atoms with van der Waals surface area (Å²) in [4.78, 5) is 0. The third-order valence-electron chi connectivity index (χ3n) is 2.93. The molecular formula is C12H19NO.